The van der Waals surface area contributed by atoms with Crippen LogP contribution in [0, 0.1) is 5.92 Å². The lowest BCUT2D eigenvalue weighted by atomic mass is 9.90. The smallest absolute Gasteiger partial charge is 0.246 e. The van der Waals surface area contributed by atoms with Crippen molar-refractivity contribution in [1.82, 2.24) is 9.88 Å². The lowest BCUT2D eigenvalue weighted by Gasteiger charge is -2.35. The summed E-state index contributed by atoms with van der Waals surface area (Å²) in [4.78, 5) is 18.6. The molecular weight excluding hydrogens is 236 g/mol. The molecule has 1 aromatic heterocycles. The van der Waals surface area contributed by atoms with Gasteiger partial charge >= 0.3 is 0 Å². The number of fused-ring (bicyclic) bond motifs is 1. The molecule has 3 heteroatoms. The first kappa shape index (κ1) is 13.8. The maximum atomic E-state index is 12.1. The van der Waals surface area contributed by atoms with Gasteiger partial charge in [-0.1, -0.05) is 26.5 Å². The van der Waals surface area contributed by atoms with E-state index in [4.69, 9.17) is 0 Å². The molecule has 0 saturated heterocycles. The molecule has 102 valence electrons. The Morgan fingerprint density at radius 3 is 3.11 bits per heavy atom. The molecular formula is C16H22N2O. The minimum atomic E-state index is 0.0113. The monoisotopic (exact) mass is 258 g/mol. The van der Waals surface area contributed by atoms with Crippen LogP contribution in [-0.4, -0.2) is 22.3 Å². The Morgan fingerprint density at radius 1 is 1.63 bits per heavy atom. The number of pyridine rings is 1. The van der Waals surface area contributed by atoms with Crippen molar-refractivity contribution in [2.45, 2.75) is 39.2 Å². The molecule has 0 saturated carbocycles. The highest BCUT2D eigenvalue weighted by molar-refractivity contribution is 5.87. The van der Waals surface area contributed by atoms with Crippen molar-refractivity contribution < 1.29 is 4.79 Å². The van der Waals surface area contributed by atoms with Gasteiger partial charge in [-0.25, -0.2) is 0 Å². The Kier molecular flexibility index (Phi) is 4.35. The molecule has 2 rings (SSSR count). The molecule has 0 aliphatic heterocycles. The van der Waals surface area contributed by atoms with Gasteiger partial charge in [0.1, 0.15) is 0 Å². The number of hydrogen-bond donors (Lipinski definition) is 0. The van der Waals surface area contributed by atoms with Crippen LogP contribution in [0.3, 0.4) is 0 Å². The van der Waals surface area contributed by atoms with Gasteiger partial charge in [-0.15, -0.1) is 0 Å². The summed E-state index contributed by atoms with van der Waals surface area (Å²) in [6.07, 6.45) is 6.42. The van der Waals surface area contributed by atoms with Crippen LogP contribution in [-0.2, 0) is 11.2 Å². The minimum absolute atomic E-state index is 0.0113. The Bertz CT molecular complexity index is 468. The summed E-state index contributed by atoms with van der Waals surface area (Å²) in [6, 6.07) is 4.21. The third-order valence-corrected chi connectivity index (χ3v) is 3.56. The van der Waals surface area contributed by atoms with E-state index in [9.17, 15) is 4.79 Å². The van der Waals surface area contributed by atoms with Gasteiger partial charge in [0.15, 0.2) is 0 Å². The zero-order valence-electron chi connectivity index (χ0n) is 11.8. The van der Waals surface area contributed by atoms with Crippen LogP contribution in [0.1, 0.15) is 44.0 Å². The molecule has 3 nitrogen and oxygen atoms in total. The van der Waals surface area contributed by atoms with Crippen LogP contribution in [0.25, 0.3) is 0 Å². The van der Waals surface area contributed by atoms with E-state index < -0.39 is 0 Å². The number of rotatable bonds is 4. The standard InChI is InChI=1S/C16H22N2O/c1-4-15(19)18(11-12(2)3)14-9-5-7-13-8-6-10-17-16(13)14/h4,6,8,10,12,14H,1,5,7,9,11H2,2-3H3/t14-/m0/s1. The van der Waals surface area contributed by atoms with Crippen molar-refractivity contribution in [3.8, 4) is 0 Å². The second kappa shape index (κ2) is 6.00. The Morgan fingerprint density at radius 2 is 2.42 bits per heavy atom. The SMILES string of the molecule is C=CC(=O)N(CC(C)C)[C@H]1CCCc2cccnc21. The molecule has 19 heavy (non-hydrogen) atoms. The normalized spacial score (nSPS) is 17.9. The summed E-state index contributed by atoms with van der Waals surface area (Å²) in [5, 5.41) is 0. The maximum absolute atomic E-state index is 12.1. The summed E-state index contributed by atoms with van der Waals surface area (Å²) in [7, 11) is 0. The van der Waals surface area contributed by atoms with E-state index in [1.165, 1.54) is 11.6 Å². The molecule has 0 aromatic carbocycles. The van der Waals surface area contributed by atoms with Gasteiger partial charge in [-0.05, 0) is 42.9 Å². The van der Waals surface area contributed by atoms with E-state index in [1.807, 2.05) is 17.2 Å². The Balaban J connectivity index is 2.32. The maximum Gasteiger partial charge on any atom is 0.246 e. The van der Waals surface area contributed by atoms with Crippen molar-refractivity contribution >= 4 is 5.91 Å². The van der Waals surface area contributed by atoms with Crippen LogP contribution in [0.4, 0.5) is 0 Å². The molecule has 0 fully saturated rings. The summed E-state index contributed by atoms with van der Waals surface area (Å²) >= 11 is 0. The van der Waals surface area contributed by atoms with Crippen LogP contribution in [0.2, 0.25) is 0 Å². The van der Waals surface area contributed by atoms with Crippen molar-refractivity contribution in [2.24, 2.45) is 5.92 Å². The van der Waals surface area contributed by atoms with Gasteiger partial charge in [0.2, 0.25) is 5.91 Å². The van der Waals surface area contributed by atoms with Crippen molar-refractivity contribution in [3.63, 3.8) is 0 Å². The summed E-state index contributed by atoms with van der Waals surface area (Å²) < 4.78 is 0. The highest BCUT2D eigenvalue weighted by Gasteiger charge is 2.29. The molecule has 1 aromatic rings. The molecule has 0 bridgehead atoms. The van der Waals surface area contributed by atoms with Crippen LogP contribution in [0.15, 0.2) is 31.0 Å². The summed E-state index contributed by atoms with van der Waals surface area (Å²) in [6.45, 7) is 8.64. The largest absolute Gasteiger partial charge is 0.330 e. The van der Waals surface area contributed by atoms with E-state index in [-0.39, 0.29) is 11.9 Å². The zero-order valence-corrected chi connectivity index (χ0v) is 11.8. The van der Waals surface area contributed by atoms with Crippen LogP contribution < -0.4 is 0 Å². The first-order valence-corrected chi connectivity index (χ1v) is 7.00. The van der Waals surface area contributed by atoms with Gasteiger partial charge in [-0.2, -0.15) is 0 Å². The van der Waals surface area contributed by atoms with Gasteiger partial charge in [0.25, 0.3) is 0 Å². The summed E-state index contributed by atoms with van der Waals surface area (Å²) in [5.41, 5.74) is 2.36. The van der Waals surface area contributed by atoms with Crippen LogP contribution >= 0.6 is 0 Å². The number of hydrogen-bond acceptors (Lipinski definition) is 2. The van der Waals surface area contributed by atoms with Crippen molar-refractivity contribution in [3.05, 3.63) is 42.2 Å². The number of aryl methyl sites for hydroxylation is 1. The molecule has 1 amide bonds. The lowest BCUT2D eigenvalue weighted by molar-refractivity contribution is -0.129. The van der Waals surface area contributed by atoms with E-state index in [0.717, 1.165) is 31.5 Å². The lowest BCUT2D eigenvalue weighted by Crippen LogP contribution is -2.38. The summed E-state index contributed by atoms with van der Waals surface area (Å²) in [5.74, 6) is 0.454. The van der Waals surface area contributed by atoms with Gasteiger partial charge in [0.05, 0.1) is 11.7 Å². The quantitative estimate of drug-likeness (QED) is 0.777. The van der Waals surface area contributed by atoms with Gasteiger partial charge < -0.3 is 4.90 Å². The van der Waals surface area contributed by atoms with E-state index in [1.54, 1.807) is 0 Å². The highest BCUT2D eigenvalue weighted by atomic mass is 16.2. The molecule has 0 N–H and O–H groups in total. The zero-order chi connectivity index (χ0) is 13.8. The topological polar surface area (TPSA) is 33.2 Å². The van der Waals surface area contributed by atoms with Gasteiger partial charge in [0, 0.05) is 12.7 Å². The molecule has 0 radical (unpaired) electrons. The predicted octanol–water partition coefficient (Wildman–Crippen LogP) is 3.13. The fourth-order valence-corrected chi connectivity index (χ4v) is 2.77. The molecule has 0 spiro atoms. The van der Waals surface area contributed by atoms with Gasteiger partial charge in [-0.3, -0.25) is 9.78 Å². The number of amides is 1. The highest BCUT2D eigenvalue weighted by Crippen LogP contribution is 2.33. The fraction of sp³-hybridized carbons (Fsp3) is 0.500. The van der Waals surface area contributed by atoms with E-state index in [0.29, 0.717) is 5.92 Å². The number of carbonyl (C=O) groups is 1. The molecule has 1 aliphatic rings. The van der Waals surface area contributed by atoms with Crippen LogP contribution in [0.5, 0.6) is 0 Å². The third-order valence-electron chi connectivity index (χ3n) is 3.56. The Hall–Kier alpha value is -1.64. The number of carbonyl (C=O) groups excluding carboxylic acids is 1. The number of nitrogens with zero attached hydrogens (tertiary/aromatic N) is 2. The first-order chi connectivity index (χ1) is 9.13. The predicted molar refractivity (Wildman–Crippen MR) is 76.7 cm³/mol. The molecule has 0 unspecified atom stereocenters. The fourth-order valence-electron chi connectivity index (χ4n) is 2.77. The molecule has 1 heterocycles. The van der Waals surface area contributed by atoms with Crippen molar-refractivity contribution in [2.75, 3.05) is 6.54 Å². The second-order valence-electron chi connectivity index (χ2n) is 5.54. The Labute approximate surface area is 115 Å². The number of aromatic nitrogens is 1. The molecule has 1 aliphatic carbocycles. The van der Waals surface area contributed by atoms with E-state index >= 15 is 0 Å². The third kappa shape index (κ3) is 3.03. The van der Waals surface area contributed by atoms with E-state index in [2.05, 4.69) is 31.5 Å². The second-order valence-corrected chi connectivity index (χ2v) is 5.54. The first-order valence-electron chi connectivity index (χ1n) is 7.00. The minimum Gasteiger partial charge on any atom is -0.330 e. The average Bonchev–Trinajstić information content (AvgIpc) is 2.43. The molecule has 1 atom stereocenters. The average molecular weight is 258 g/mol. The van der Waals surface area contributed by atoms with Crippen molar-refractivity contribution in [1.29, 1.82) is 0 Å².